The molecule has 0 aliphatic heterocycles. The Kier molecular flexibility index (Phi) is 5.53. The third-order valence-corrected chi connectivity index (χ3v) is 8.84. The molecular weight excluding hydrogens is 474 g/mol. The van der Waals surface area contributed by atoms with Crippen LogP contribution in [-0.4, -0.2) is 32.8 Å². The maximum absolute atomic E-state index is 13.2. The molecule has 2 aromatic carbocycles. The first-order chi connectivity index (χ1) is 18.5. The molecule has 0 radical (unpaired) electrons. The average Bonchev–Trinajstić information content (AvgIpc) is 3.35. The number of H-pyrrole nitrogens is 1. The molecule has 0 unspecified atom stereocenters. The molecule has 2 heterocycles. The normalized spacial score (nSPS) is 25.4. The number of anilines is 1. The number of nitrogens with zero attached hydrogens (tertiary/aromatic N) is 2. The number of carbonyl (C=O) groups excluding carboxylic acids is 2. The van der Waals surface area contributed by atoms with Crippen molar-refractivity contribution in [2.45, 2.75) is 45.1 Å². The van der Waals surface area contributed by atoms with E-state index in [1.54, 1.807) is 24.4 Å². The molecule has 0 spiro atoms. The van der Waals surface area contributed by atoms with Crippen LogP contribution in [0.2, 0.25) is 0 Å². The van der Waals surface area contributed by atoms with Crippen LogP contribution in [0.1, 0.15) is 58.4 Å². The third kappa shape index (κ3) is 4.26. The molecule has 0 atom stereocenters. The molecule has 7 nitrogen and oxygen atoms in total. The van der Waals surface area contributed by atoms with Gasteiger partial charge in [-0.2, -0.15) is 0 Å². The molecule has 8 rings (SSSR count). The van der Waals surface area contributed by atoms with Crippen LogP contribution in [0.25, 0.3) is 22.4 Å². The highest BCUT2D eigenvalue weighted by Crippen LogP contribution is 2.53. The molecule has 4 aliphatic rings. The van der Waals surface area contributed by atoms with Gasteiger partial charge >= 0.3 is 0 Å². The van der Waals surface area contributed by atoms with Gasteiger partial charge in [-0.25, -0.2) is 9.97 Å². The van der Waals surface area contributed by atoms with Gasteiger partial charge in [-0.15, -0.1) is 0 Å². The minimum Gasteiger partial charge on any atom is -0.349 e. The lowest BCUT2D eigenvalue weighted by Gasteiger charge is -2.54. The number of imidazole rings is 1. The van der Waals surface area contributed by atoms with Crippen molar-refractivity contribution >= 4 is 28.7 Å². The average molecular weight is 506 g/mol. The van der Waals surface area contributed by atoms with Gasteiger partial charge in [0.05, 0.1) is 11.0 Å². The van der Waals surface area contributed by atoms with Crippen molar-refractivity contribution in [3.8, 4) is 11.4 Å². The number of aryl methyl sites for hydroxylation is 1. The van der Waals surface area contributed by atoms with Crippen LogP contribution in [0.3, 0.4) is 0 Å². The fourth-order valence-corrected chi connectivity index (χ4v) is 7.19. The second-order valence-corrected chi connectivity index (χ2v) is 11.5. The van der Waals surface area contributed by atoms with Gasteiger partial charge in [0.1, 0.15) is 11.6 Å². The number of benzene rings is 2. The molecule has 4 saturated carbocycles. The zero-order chi connectivity index (χ0) is 25.8. The van der Waals surface area contributed by atoms with Crippen molar-refractivity contribution in [1.82, 2.24) is 20.3 Å². The Bertz CT molecular complexity index is 1490. The largest absolute Gasteiger partial charge is 0.349 e. The summed E-state index contributed by atoms with van der Waals surface area (Å²) in [4.78, 5) is 38.1. The van der Waals surface area contributed by atoms with E-state index in [9.17, 15) is 9.59 Å². The van der Waals surface area contributed by atoms with E-state index in [4.69, 9.17) is 4.98 Å². The first kappa shape index (κ1) is 23.1. The molecule has 3 N–H and O–H groups in total. The van der Waals surface area contributed by atoms with Gasteiger partial charge in [-0.05, 0) is 105 Å². The summed E-state index contributed by atoms with van der Waals surface area (Å²) >= 11 is 0. The zero-order valence-corrected chi connectivity index (χ0v) is 21.4. The van der Waals surface area contributed by atoms with Crippen molar-refractivity contribution < 1.29 is 9.59 Å². The molecule has 2 aromatic heterocycles. The van der Waals surface area contributed by atoms with Gasteiger partial charge in [0.2, 0.25) is 0 Å². The van der Waals surface area contributed by atoms with Crippen molar-refractivity contribution in [1.29, 1.82) is 0 Å². The van der Waals surface area contributed by atoms with E-state index in [-0.39, 0.29) is 11.8 Å². The van der Waals surface area contributed by atoms with E-state index >= 15 is 0 Å². The standard InChI is InChI=1S/C31H31N5O2/c1-17-2-9-27(32-16-17)35-30(37)21-5-3-20(4-6-21)29-33-25-8-7-22(15-26(25)34-29)31(38)36-28-23-11-18-10-19(13-23)14-24(28)12-18/h2-9,15-16,18-19,23-24,28H,10-14H2,1H3,(H,33,34)(H,36,38)(H,32,35,37). The summed E-state index contributed by atoms with van der Waals surface area (Å²) in [5, 5.41) is 6.22. The first-order valence-electron chi connectivity index (χ1n) is 13.6. The SMILES string of the molecule is Cc1ccc(NC(=O)c2ccc(-c3nc4ccc(C(=O)NC5C6CC7CC(C6)CC5C7)cc4[nH]3)cc2)nc1. The molecule has 4 aliphatic carbocycles. The summed E-state index contributed by atoms with van der Waals surface area (Å²) in [6.45, 7) is 1.95. The summed E-state index contributed by atoms with van der Waals surface area (Å²) in [7, 11) is 0. The fourth-order valence-electron chi connectivity index (χ4n) is 7.19. The predicted molar refractivity (Wildman–Crippen MR) is 147 cm³/mol. The number of pyridine rings is 1. The Labute approximate surface area is 221 Å². The number of nitrogens with one attached hydrogen (secondary N) is 3. The molecule has 0 saturated heterocycles. The quantitative estimate of drug-likeness (QED) is 0.322. The van der Waals surface area contributed by atoms with Crippen LogP contribution in [0.15, 0.2) is 60.8 Å². The van der Waals surface area contributed by atoms with Crippen molar-refractivity contribution in [2.75, 3.05) is 5.32 Å². The number of rotatable bonds is 5. The van der Waals surface area contributed by atoms with Gasteiger partial charge in [-0.1, -0.05) is 18.2 Å². The molecule has 7 heteroatoms. The first-order valence-corrected chi connectivity index (χ1v) is 13.6. The summed E-state index contributed by atoms with van der Waals surface area (Å²) in [5.74, 6) is 4.09. The molecule has 4 aromatic rings. The Morgan fingerprint density at radius 2 is 1.55 bits per heavy atom. The zero-order valence-electron chi connectivity index (χ0n) is 21.4. The Balaban J connectivity index is 1.05. The van der Waals surface area contributed by atoms with Crippen LogP contribution in [0, 0.1) is 30.6 Å². The molecular formula is C31H31N5O2. The lowest BCUT2D eigenvalue weighted by molar-refractivity contribution is -0.0119. The smallest absolute Gasteiger partial charge is 0.256 e. The number of aromatic amines is 1. The lowest BCUT2D eigenvalue weighted by Crippen LogP contribution is -2.55. The van der Waals surface area contributed by atoms with Crippen LogP contribution in [0.4, 0.5) is 5.82 Å². The number of aromatic nitrogens is 3. The highest BCUT2D eigenvalue weighted by Gasteiger charge is 2.48. The topological polar surface area (TPSA) is 99.8 Å². The number of carbonyl (C=O) groups is 2. The van der Waals surface area contributed by atoms with E-state index in [1.165, 1.54) is 32.1 Å². The minimum atomic E-state index is -0.215. The van der Waals surface area contributed by atoms with Crippen LogP contribution in [-0.2, 0) is 0 Å². The van der Waals surface area contributed by atoms with Gasteiger partial charge in [-0.3, -0.25) is 9.59 Å². The summed E-state index contributed by atoms with van der Waals surface area (Å²) in [6.07, 6.45) is 8.26. The Hall–Kier alpha value is -4.00. The third-order valence-electron chi connectivity index (χ3n) is 8.84. The van der Waals surface area contributed by atoms with Crippen LogP contribution >= 0.6 is 0 Å². The highest BCUT2D eigenvalue weighted by molar-refractivity contribution is 6.04. The van der Waals surface area contributed by atoms with E-state index in [0.717, 1.165) is 34.0 Å². The number of hydrogen-bond acceptors (Lipinski definition) is 4. The van der Waals surface area contributed by atoms with Gasteiger partial charge in [0.15, 0.2) is 0 Å². The van der Waals surface area contributed by atoms with E-state index in [0.29, 0.717) is 40.6 Å². The second-order valence-electron chi connectivity index (χ2n) is 11.5. The Morgan fingerprint density at radius 3 is 2.24 bits per heavy atom. The summed E-state index contributed by atoms with van der Waals surface area (Å²) in [6, 6.07) is 17.0. The molecule has 4 fully saturated rings. The second kappa shape index (κ2) is 9.08. The predicted octanol–water partition coefficient (Wildman–Crippen LogP) is 5.74. The monoisotopic (exact) mass is 505 g/mol. The van der Waals surface area contributed by atoms with Crippen LogP contribution in [0.5, 0.6) is 0 Å². The number of hydrogen-bond donors (Lipinski definition) is 3. The van der Waals surface area contributed by atoms with Crippen molar-refractivity contribution in [3.63, 3.8) is 0 Å². The molecule has 192 valence electrons. The van der Waals surface area contributed by atoms with Crippen molar-refractivity contribution in [2.24, 2.45) is 23.7 Å². The summed E-state index contributed by atoms with van der Waals surface area (Å²) < 4.78 is 0. The van der Waals surface area contributed by atoms with E-state index in [1.807, 2.05) is 43.3 Å². The van der Waals surface area contributed by atoms with E-state index in [2.05, 4.69) is 20.6 Å². The molecule has 38 heavy (non-hydrogen) atoms. The maximum atomic E-state index is 13.2. The fraction of sp³-hybridized carbons (Fsp3) is 0.355. The van der Waals surface area contributed by atoms with Gasteiger partial charge in [0, 0.05) is 28.9 Å². The summed E-state index contributed by atoms with van der Waals surface area (Å²) in [5.41, 5.74) is 4.73. The molecule has 2 amide bonds. The maximum Gasteiger partial charge on any atom is 0.256 e. The highest BCUT2D eigenvalue weighted by atomic mass is 16.2. The lowest BCUT2D eigenvalue weighted by atomic mass is 9.54. The van der Waals surface area contributed by atoms with Gasteiger partial charge < -0.3 is 15.6 Å². The van der Waals surface area contributed by atoms with Crippen LogP contribution < -0.4 is 10.6 Å². The molecule has 4 bridgehead atoms. The Morgan fingerprint density at radius 1 is 0.842 bits per heavy atom. The van der Waals surface area contributed by atoms with Gasteiger partial charge in [0.25, 0.3) is 11.8 Å². The van der Waals surface area contributed by atoms with Crippen molar-refractivity contribution in [3.05, 3.63) is 77.5 Å². The number of fused-ring (bicyclic) bond motifs is 1. The number of amides is 2. The van der Waals surface area contributed by atoms with E-state index < -0.39 is 0 Å². The minimum absolute atomic E-state index is 0.0129.